The first-order valence-electron chi connectivity index (χ1n) is 5.52. The number of rotatable bonds is 4. The van der Waals surface area contributed by atoms with Crippen LogP contribution < -0.4 is 11.1 Å². The highest BCUT2D eigenvalue weighted by Crippen LogP contribution is 2.29. The predicted molar refractivity (Wildman–Crippen MR) is 71.2 cm³/mol. The first kappa shape index (κ1) is 14.3. The molecule has 8 heteroatoms. The van der Waals surface area contributed by atoms with E-state index in [4.69, 9.17) is 22.4 Å². The van der Waals surface area contributed by atoms with Crippen molar-refractivity contribution in [2.24, 2.45) is 5.73 Å². The summed E-state index contributed by atoms with van der Waals surface area (Å²) in [5.41, 5.74) is 4.70. The smallest absolute Gasteiger partial charge is 0.433 e. The molecule has 0 fully saturated rings. The lowest BCUT2D eigenvalue weighted by atomic mass is 10.2. The predicted octanol–water partition coefficient (Wildman–Crippen LogP) is 2.94. The number of hydrogen-bond acceptors (Lipinski definition) is 4. The fourth-order valence-corrected chi connectivity index (χ4v) is 1.70. The van der Waals surface area contributed by atoms with E-state index in [0.29, 0.717) is 5.76 Å². The fraction of sp³-hybridized carbons (Fsp3) is 0.167. The van der Waals surface area contributed by atoms with Crippen LogP contribution in [0.1, 0.15) is 17.0 Å². The molecule has 2 rings (SSSR count). The number of halogens is 3. The molecule has 2 aromatic rings. The summed E-state index contributed by atoms with van der Waals surface area (Å²) in [5, 5.41) is 2.74. The SMILES string of the molecule is NC(=S)c1ccc(C(F)(F)F)nc1NCc1ccco1. The Morgan fingerprint density at radius 1 is 1.35 bits per heavy atom. The number of nitrogens with zero attached hydrogens (tertiary/aromatic N) is 1. The molecule has 0 unspecified atom stereocenters. The second-order valence-corrected chi connectivity index (χ2v) is 4.33. The van der Waals surface area contributed by atoms with Crippen LogP contribution in [-0.2, 0) is 12.7 Å². The van der Waals surface area contributed by atoms with Gasteiger partial charge >= 0.3 is 6.18 Å². The maximum absolute atomic E-state index is 12.6. The highest BCUT2D eigenvalue weighted by molar-refractivity contribution is 7.80. The first-order valence-corrected chi connectivity index (χ1v) is 5.93. The van der Waals surface area contributed by atoms with Crippen LogP contribution in [0.15, 0.2) is 34.9 Å². The topological polar surface area (TPSA) is 64.1 Å². The van der Waals surface area contributed by atoms with Crippen molar-refractivity contribution < 1.29 is 17.6 Å². The molecule has 0 bridgehead atoms. The molecule has 0 radical (unpaired) electrons. The number of pyridine rings is 1. The molecule has 0 amide bonds. The summed E-state index contributed by atoms with van der Waals surface area (Å²) in [6.07, 6.45) is -3.07. The van der Waals surface area contributed by atoms with Crippen LogP contribution in [0.2, 0.25) is 0 Å². The van der Waals surface area contributed by atoms with Gasteiger partial charge in [0.15, 0.2) is 0 Å². The van der Waals surface area contributed by atoms with E-state index in [-0.39, 0.29) is 22.9 Å². The van der Waals surface area contributed by atoms with Crippen LogP contribution in [0.5, 0.6) is 0 Å². The van der Waals surface area contributed by atoms with Crippen LogP contribution in [-0.4, -0.2) is 9.97 Å². The molecule has 0 saturated carbocycles. The third-order valence-electron chi connectivity index (χ3n) is 2.46. The van der Waals surface area contributed by atoms with E-state index in [0.717, 1.165) is 6.07 Å². The van der Waals surface area contributed by atoms with Crippen molar-refractivity contribution in [3.63, 3.8) is 0 Å². The second kappa shape index (κ2) is 5.49. The van der Waals surface area contributed by atoms with Crippen molar-refractivity contribution in [3.8, 4) is 0 Å². The molecular formula is C12H10F3N3OS. The normalized spacial score (nSPS) is 11.3. The molecule has 2 heterocycles. The van der Waals surface area contributed by atoms with Gasteiger partial charge in [0, 0.05) is 0 Å². The Bertz CT molecular complexity index is 611. The average molecular weight is 301 g/mol. The van der Waals surface area contributed by atoms with Gasteiger partial charge in [-0.1, -0.05) is 12.2 Å². The van der Waals surface area contributed by atoms with Gasteiger partial charge in [0.1, 0.15) is 22.3 Å². The fourth-order valence-electron chi connectivity index (χ4n) is 1.53. The number of furan rings is 1. The molecule has 106 valence electrons. The van der Waals surface area contributed by atoms with Gasteiger partial charge in [-0.25, -0.2) is 4.98 Å². The molecule has 0 aliphatic heterocycles. The Balaban J connectivity index is 2.29. The number of anilines is 1. The van der Waals surface area contributed by atoms with E-state index >= 15 is 0 Å². The minimum absolute atomic E-state index is 0.0243. The van der Waals surface area contributed by atoms with E-state index in [1.807, 2.05) is 0 Å². The molecular weight excluding hydrogens is 291 g/mol. The molecule has 2 aromatic heterocycles. The van der Waals surface area contributed by atoms with Crippen LogP contribution in [0.4, 0.5) is 19.0 Å². The number of nitrogens with two attached hydrogens (primary N) is 1. The van der Waals surface area contributed by atoms with Crippen molar-refractivity contribution >= 4 is 23.0 Å². The average Bonchev–Trinajstić information content (AvgIpc) is 2.87. The van der Waals surface area contributed by atoms with E-state index in [2.05, 4.69) is 10.3 Å². The Morgan fingerprint density at radius 3 is 2.65 bits per heavy atom. The van der Waals surface area contributed by atoms with Gasteiger partial charge in [-0.3, -0.25) is 0 Å². The molecule has 3 N–H and O–H groups in total. The van der Waals surface area contributed by atoms with Crippen molar-refractivity contribution in [1.82, 2.24) is 4.98 Å². The summed E-state index contributed by atoms with van der Waals surface area (Å²) in [7, 11) is 0. The third kappa shape index (κ3) is 3.27. The lowest BCUT2D eigenvalue weighted by Gasteiger charge is -2.12. The largest absolute Gasteiger partial charge is 0.467 e. The molecule has 4 nitrogen and oxygen atoms in total. The zero-order valence-electron chi connectivity index (χ0n) is 10.1. The Kier molecular flexibility index (Phi) is 3.93. The standard InChI is InChI=1S/C12H10F3N3OS/c13-12(14,15)9-4-3-8(10(16)20)11(18-9)17-6-7-2-1-5-19-7/h1-5H,6H2,(H2,16,20)(H,17,18). The highest BCUT2D eigenvalue weighted by atomic mass is 32.1. The van der Waals surface area contributed by atoms with Gasteiger partial charge in [0.05, 0.1) is 18.4 Å². The summed E-state index contributed by atoms with van der Waals surface area (Å²) < 4.78 is 43.0. The van der Waals surface area contributed by atoms with E-state index < -0.39 is 11.9 Å². The van der Waals surface area contributed by atoms with Gasteiger partial charge in [-0.15, -0.1) is 0 Å². The number of aromatic nitrogens is 1. The minimum Gasteiger partial charge on any atom is -0.467 e. The molecule has 20 heavy (non-hydrogen) atoms. The van der Waals surface area contributed by atoms with Crippen molar-refractivity contribution in [2.75, 3.05) is 5.32 Å². The van der Waals surface area contributed by atoms with Crippen molar-refractivity contribution in [2.45, 2.75) is 12.7 Å². The summed E-state index contributed by atoms with van der Waals surface area (Å²) in [6, 6.07) is 5.39. The van der Waals surface area contributed by atoms with Gasteiger partial charge < -0.3 is 15.5 Å². The Labute approximate surface area is 117 Å². The molecule has 0 aromatic carbocycles. The zero-order chi connectivity index (χ0) is 14.8. The maximum Gasteiger partial charge on any atom is 0.433 e. The van der Waals surface area contributed by atoms with Crippen molar-refractivity contribution in [1.29, 1.82) is 0 Å². The minimum atomic E-state index is -4.53. The van der Waals surface area contributed by atoms with E-state index in [9.17, 15) is 13.2 Å². The van der Waals surface area contributed by atoms with Gasteiger partial charge in [0.2, 0.25) is 0 Å². The van der Waals surface area contributed by atoms with Crippen LogP contribution in [0, 0.1) is 0 Å². The number of alkyl halides is 3. The number of hydrogen-bond donors (Lipinski definition) is 2. The van der Waals surface area contributed by atoms with Gasteiger partial charge in [-0.05, 0) is 24.3 Å². The maximum atomic E-state index is 12.6. The molecule has 0 aliphatic carbocycles. The van der Waals surface area contributed by atoms with Crippen LogP contribution in [0.25, 0.3) is 0 Å². The van der Waals surface area contributed by atoms with E-state index in [1.165, 1.54) is 12.3 Å². The van der Waals surface area contributed by atoms with Gasteiger partial charge in [0.25, 0.3) is 0 Å². The van der Waals surface area contributed by atoms with Gasteiger partial charge in [-0.2, -0.15) is 13.2 Å². The first-order chi connectivity index (χ1) is 9.38. The highest BCUT2D eigenvalue weighted by Gasteiger charge is 2.33. The van der Waals surface area contributed by atoms with E-state index in [1.54, 1.807) is 12.1 Å². The third-order valence-corrected chi connectivity index (χ3v) is 2.68. The lowest BCUT2D eigenvalue weighted by Crippen LogP contribution is -2.17. The molecule has 0 saturated heterocycles. The lowest BCUT2D eigenvalue weighted by molar-refractivity contribution is -0.141. The molecule has 0 aliphatic rings. The van der Waals surface area contributed by atoms with Crippen LogP contribution >= 0.6 is 12.2 Å². The molecule has 0 atom stereocenters. The summed E-state index contributed by atoms with van der Waals surface area (Å²) >= 11 is 4.79. The summed E-state index contributed by atoms with van der Waals surface area (Å²) in [6.45, 7) is 0.178. The quantitative estimate of drug-likeness (QED) is 0.850. The Morgan fingerprint density at radius 2 is 2.10 bits per heavy atom. The zero-order valence-corrected chi connectivity index (χ0v) is 10.9. The second-order valence-electron chi connectivity index (χ2n) is 3.89. The number of thiocarbonyl (C=S) groups is 1. The molecule has 0 spiro atoms. The number of nitrogens with one attached hydrogen (secondary N) is 1. The monoisotopic (exact) mass is 301 g/mol. The Hall–Kier alpha value is -2.09. The van der Waals surface area contributed by atoms with Crippen molar-refractivity contribution in [3.05, 3.63) is 47.5 Å². The summed E-state index contributed by atoms with van der Waals surface area (Å²) in [5.74, 6) is 0.529. The summed E-state index contributed by atoms with van der Waals surface area (Å²) in [4.78, 5) is 3.49. The van der Waals surface area contributed by atoms with Crippen LogP contribution in [0.3, 0.4) is 0 Å².